The highest BCUT2D eigenvalue weighted by Crippen LogP contribution is 2.23. The van der Waals surface area contributed by atoms with Crippen LogP contribution in [0.15, 0.2) is 72.9 Å². The van der Waals surface area contributed by atoms with Crippen molar-refractivity contribution in [3.63, 3.8) is 0 Å². The zero-order chi connectivity index (χ0) is 16.1. The molecule has 4 nitrogen and oxygen atoms in total. The Hall–Kier alpha value is -3.14. The largest absolute Gasteiger partial charge is 0.489 e. The molecule has 3 aromatic rings. The maximum atomic E-state index is 11.1. The van der Waals surface area contributed by atoms with Gasteiger partial charge in [-0.05, 0) is 29.8 Å². The van der Waals surface area contributed by atoms with Crippen molar-refractivity contribution in [3.8, 4) is 17.0 Å². The van der Waals surface area contributed by atoms with Crippen LogP contribution in [0.25, 0.3) is 11.3 Å². The van der Waals surface area contributed by atoms with Gasteiger partial charge in [0, 0.05) is 11.8 Å². The molecule has 1 heterocycles. The first-order chi connectivity index (χ1) is 11.2. The van der Waals surface area contributed by atoms with E-state index in [1.54, 1.807) is 6.07 Å². The highest BCUT2D eigenvalue weighted by atomic mass is 16.5. The lowest BCUT2D eigenvalue weighted by atomic mass is 10.1. The molecule has 0 atom stereocenters. The molecule has 0 aliphatic heterocycles. The normalized spacial score (nSPS) is 10.3. The van der Waals surface area contributed by atoms with Gasteiger partial charge in [0.1, 0.15) is 12.4 Å². The molecule has 0 saturated carbocycles. The van der Waals surface area contributed by atoms with Gasteiger partial charge in [0.05, 0.1) is 11.3 Å². The molecule has 2 aromatic carbocycles. The van der Waals surface area contributed by atoms with Crippen LogP contribution in [0.1, 0.15) is 15.9 Å². The molecule has 1 aromatic heterocycles. The number of benzene rings is 2. The Kier molecular flexibility index (Phi) is 4.34. The maximum absolute atomic E-state index is 11.1. The van der Waals surface area contributed by atoms with E-state index in [1.165, 1.54) is 12.3 Å². The number of carboxylic acids is 1. The van der Waals surface area contributed by atoms with Gasteiger partial charge in [-0.25, -0.2) is 4.79 Å². The predicted octanol–water partition coefficient (Wildman–Crippen LogP) is 4.03. The van der Waals surface area contributed by atoms with Gasteiger partial charge in [-0.15, -0.1) is 0 Å². The summed E-state index contributed by atoms with van der Waals surface area (Å²) in [5, 5.41) is 9.07. The van der Waals surface area contributed by atoms with Crippen molar-refractivity contribution in [2.75, 3.05) is 0 Å². The predicted molar refractivity (Wildman–Crippen MR) is 87.4 cm³/mol. The summed E-state index contributed by atoms with van der Waals surface area (Å²) in [5.74, 6) is -0.251. The van der Waals surface area contributed by atoms with E-state index in [1.807, 2.05) is 54.6 Å². The Labute approximate surface area is 134 Å². The Morgan fingerprint density at radius 2 is 1.83 bits per heavy atom. The van der Waals surface area contributed by atoms with E-state index >= 15 is 0 Å². The van der Waals surface area contributed by atoms with Crippen LogP contribution in [0, 0.1) is 0 Å². The van der Waals surface area contributed by atoms with E-state index in [9.17, 15) is 4.79 Å². The van der Waals surface area contributed by atoms with E-state index in [-0.39, 0.29) is 5.56 Å². The van der Waals surface area contributed by atoms with Gasteiger partial charge in [-0.2, -0.15) is 0 Å². The van der Waals surface area contributed by atoms with E-state index < -0.39 is 5.97 Å². The summed E-state index contributed by atoms with van der Waals surface area (Å²) in [4.78, 5) is 15.3. The van der Waals surface area contributed by atoms with E-state index in [4.69, 9.17) is 9.84 Å². The molecule has 3 rings (SSSR count). The zero-order valence-corrected chi connectivity index (χ0v) is 12.3. The minimum atomic E-state index is -0.967. The fourth-order valence-corrected chi connectivity index (χ4v) is 2.21. The molecule has 0 bridgehead atoms. The van der Waals surface area contributed by atoms with Crippen molar-refractivity contribution >= 4 is 5.97 Å². The molecule has 0 aliphatic carbocycles. The molecule has 0 fully saturated rings. The minimum absolute atomic E-state index is 0.214. The molecule has 0 saturated heterocycles. The highest BCUT2D eigenvalue weighted by molar-refractivity contribution is 5.88. The second-order valence-electron chi connectivity index (χ2n) is 5.04. The average Bonchev–Trinajstić information content (AvgIpc) is 2.61. The molecule has 0 unspecified atom stereocenters. The standard InChI is InChI=1S/C19H15NO3/c21-19(22)16-9-10-20-18(12-16)15-7-4-8-17(11-15)23-13-14-5-2-1-3-6-14/h1-12H,13H2,(H,21,22). The van der Waals surface area contributed by atoms with Gasteiger partial charge in [0.25, 0.3) is 0 Å². The average molecular weight is 305 g/mol. The Morgan fingerprint density at radius 1 is 1.00 bits per heavy atom. The number of hydrogen-bond acceptors (Lipinski definition) is 3. The van der Waals surface area contributed by atoms with E-state index in [2.05, 4.69) is 4.98 Å². The topological polar surface area (TPSA) is 59.4 Å². The van der Waals surface area contributed by atoms with Gasteiger partial charge in [0.15, 0.2) is 0 Å². The number of aromatic nitrogens is 1. The van der Waals surface area contributed by atoms with Gasteiger partial charge in [-0.3, -0.25) is 4.98 Å². The van der Waals surface area contributed by atoms with Crippen molar-refractivity contribution in [1.82, 2.24) is 4.98 Å². The number of rotatable bonds is 5. The first-order valence-corrected chi connectivity index (χ1v) is 7.19. The Bertz CT molecular complexity index is 816. The Morgan fingerprint density at radius 3 is 2.61 bits per heavy atom. The van der Waals surface area contributed by atoms with Crippen LogP contribution in [0.3, 0.4) is 0 Å². The maximum Gasteiger partial charge on any atom is 0.335 e. The van der Waals surface area contributed by atoms with Crippen molar-refractivity contribution in [3.05, 3.63) is 84.1 Å². The van der Waals surface area contributed by atoms with Crippen LogP contribution in [0.2, 0.25) is 0 Å². The van der Waals surface area contributed by atoms with Crippen LogP contribution in [-0.2, 0) is 6.61 Å². The van der Waals surface area contributed by atoms with E-state index in [0.717, 1.165) is 11.1 Å². The fraction of sp³-hybridized carbons (Fsp3) is 0.0526. The number of carbonyl (C=O) groups is 1. The van der Waals surface area contributed by atoms with Crippen LogP contribution < -0.4 is 4.74 Å². The van der Waals surface area contributed by atoms with Gasteiger partial charge in [0.2, 0.25) is 0 Å². The molecule has 0 aliphatic rings. The molecule has 1 N–H and O–H groups in total. The second-order valence-corrected chi connectivity index (χ2v) is 5.04. The molecule has 0 radical (unpaired) electrons. The first kappa shape index (κ1) is 14.8. The quantitative estimate of drug-likeness (QED) is 0.773. The van der Waals surface area contributed by atoms with Gasteiger partial charge < -0.3 is 9.84 Å². The van der Waals surface area contributed by atoms with Crippen LogP contribution in [0.4, 0.5) is 0 Å². The third-order valence-corrected chi connectivity index (χ3v) is 3.39. The summed E-state index contributed by atoms with van der Waals surface area (Å²) < 4.78 is 5.79. The van der Waals surface area contributed by atoms with Gasteiger partial charge >= 0.3 is 5.97 Å². The molecule has 0 spiro atoms. The molecule has 0 amide bonds. The fourth-order valence-electron chi connectivity index (χ4n) is 2.21. The SMILES string of the molecule is O=C(O)c1ccnc(-c2cccc(OCc3ccccc3)c2)c1. The zero-order valence-electron chi connectivity index (χ0n) is 12.3. The van der Waals surface area contributed by atoms with Crippen molar-refractivity contribution < 1.29 is 14.6 Å². The monoisotopic (exact) mass is 305 g/mol. The number of aromatic carboxylic acids is 1. The molecular formula is C19H15NO3. The number of hydrogen-bond donors (Lipinski definition) is 1. The lowest BCUT2D eigenvalue weighted by molar-refractivity contribution is 0.0697. The van der Waals surface area contributed by atoms with Crippen LogP contribution >= 0.6 is 0 Å². The summed E-state index contributed by atoms with van der Waals surface area (Å²) in [6.07, 6.45) is 1.50. The summed E-state index contributed by atoms with van der Waals surface area (Å²) in [6, 6.07) is 20.4. The summed E-state index contributed by atoms with van der Waals surface area (Å²) in [5.41, 5.74) is 2.73. The Balaban J connectivity index is 1.80. The molecule has 4 heteroatoms. The van der Waals surface area contributed by atoms with Crippen molar-refractivity contribution in [1.29, 1.82) is 0 Å². The summed E-state index contributed by atoms with van der Waals surface area (Å²) in [7, 11) is 0. The van der Waals surface area contributed by atoms with E-state index in [0.29, 0.717) is 18.1 Å². The van der Waals surface area contributed by atoms with Crippen molar-refractivity contribution in [2.45, 2.75) is 6.61 Å². The van der Waals surface area contributed by atoms with Crippen LogP contribution in [-0.4, -0.2) is 16.1 Å². The lowest BCUT2D eigenvalue weighted by Crippen LogP contribution is -1.98. The lowest BCUT2D eigenvalue weighted by Gasteiger charge is -2.08. The minimum Gasteiger partial charge on any atom is -0.489 e. The number of ether oxygens (including phenoxy) is 1. The third kappa shape index (κ3) is 3.74. The van der Waals surface area contributed by atoms with Crippen molar-refractivity contribution in [2.24, 2.45) is 0 Å². The van der Waals surface area contributed by atoms with Crippen LogP contribution in [0.5, 0.6) is 5.75 Å². The molecule has 23 heavy (non-hydrogen) atoms. The second kappa shape index (κ2) is 6.75. The summed E-state index contributed by atoms with van der Waals surface area (Å²) >= 11 is 0. The number of pyridine rings is 1. The number of carboxylic acid groups (broad SMARTS) is 1. The summed E-state index contributed by atoms with van der Waals surface area (Å²) in [6.45, 7) is 0.479. The highest BCUT2D eigenvalue weighted by Gasteiger charge is 2.07. The molecule has 114 valence electrons. The van der Waals surface area contributed by atoms with Gasteiger partial charge in [-0.1, -0.05) is 42.5 Å². The number of nitrogens with zero attached hydrogens (tertiary/aromatic N) is 1. The third-order valence-electron chi connectivity index (χ3n) is 3.39. The first-order valence-electron chi connectivity index (χ1n) is 7.19. The smallest absolute Gasteiger partial charge is 0.335 e. The molecular weight excluding hydrogens is 290 g/mol.